The van der Waals surface area contributed by atoms with Crippen molar-refractivity contribution >= 4 is 5.91 Å². The molecule has 1 aliphatic carbocycles. The van der Waals surface area contributed by atoms with E-state index >= 15 is 0 Å². The first-order valence-electron chi connectivity index (χ1n) is 8.37. The van der Waals surface area contributed by atoms with Gasteiger partial charge in [0, 0.05) is 56.9 Å². The molecular formula is C17H23N5O. The molecule has 2 aromatic heterocycles. The average Bonchev–Trinajstić information content (AvgIpc) is 3.07. The van der Waals surface area contributed by atoms with Gasteiger partial charge in [-0.15, -0.1) is 0 Å². The number of aromatic nitrogens is 3. The van der Waals surface area contributed by atoms with Gasteiger partial charge in [-0.3, -0.25) is 4.79 Å². The molecule has 3 heterocycles. The van der Waals surface area contributed by atoms with Crippen molar-refractivity contribution in [2.24, 2.45) is 7.05 Å². The number of piperidine rings is 1. The molecule has 122 valence electrons. The molecule has 1 saturated heterocycles. The highest BCUT2D eigenvalue weighted by Crippen LogP contribution is 2.40. The molecule has 1 aliphatic heterocycles. The van der Waals surface area contributed by atoms with Crippen LogP contribution in [-0.4, -0.2) is 37.4 Å². The normalized spacial score (nSPS) is 25.1. The zero-order valence-electron chi connectivity index (χ0n) is 13.4. The minimum absolute atomic E-state index is 0.0303. The lowest BCUT2D eigenvalue weighted by Gasteiger charge is -2.41. The summed E-state index contributed by atoms with van der Waals surface area (Å²) in [5.74, 6) is 1.26. The predicted molar refractivity (Wildman–Crippen MR) is 86.5 cm³/mol. The summed E-state index contributed by atoms with van der Waals surface area (Å²) in [5, 5.41) is 3.66. The Morgan fingerprint density at radius 2 is 2.26 bits per heavy atom. The van der Waals surface area contributed by atoms with Crippen molar-refractivity contribution in [3.63, 3.8) is 0 Å². The van der Waals surface area contributed by atoms with Crippen LogP contribution in [0.1, 0.15) is 43.1 Å². The molecule has 0 aromatic carbocycles. The molecule has 6 nitrogen and oxygen atoms in total. The number of rotatable bonds is 5. The zero-order chi connectivity index (χ0) is 15.8. The molecule has 6 heteroatoms. The van der Waals surface area contributed by atoms with Gasteiger partial charge in [0.2, 0.25) is 5.91 Å². The molecule has 0 bridgehead atoms. The summed E-state index contributed by atoms with van der Waals surface area (Å²) >= 11 is 0. The largest absolute Gasteiger partial charge is 0.367 e. The van der Waals surface area contributed by atoms with Crippen molar-refractivity contribution in [3.8, 4) is 0 Å². The first-order chi connectivity index (χ1) is 11.2. The number of aryl methyl sites for hydroxylation is 1. The van der Waals surface area contributed by atoms with E-state index in [0.717, 1.165) is 31.6 Å². The first-order valence-corrected chi connectivity index (χ1v) is 8.37. The van der Waals surface area contributed by atoms with Crippen LogP contribution in [0.5, 0.6) is 0 Å². The number of hydrogen-bond acceptors (Lipinski definition) is 3. The lowest BCUT2D eigenvalue weighted by Crippen LogP contribution is -2.52. The summed E-state index contributed by atoms with van der Waals surface area (Å²) in [5.41, 5.74) is 1.23. The van der Waals surface area contributed by atoms with Crippen molar-refractivity contribution in [2.45, 2.75) is 50.4 Å². The van der Waals surface area contributed by atoms with E-state index in [0.29, 0.717) is 12.5 Å². The van der Waals surface area contributed by atoms with Crippen molar-refractivity contribution in [3.05, 3.63) is 42.2 Å². The molecule has 2 N–H and O–H groups in total. The number of nitrogens with one attached hydrogen (secondary N) is 2. The maximum absolute atomic E-state index is 12.5. The quantitative estimate of drug-likeness (QED) is 0.883. The number of amides is 1. The number of carbonyl (C=O) groups is 1. The van der Waals surface area contributed by atoms with Gasteiger partial charge in [-0.1, -0.05) is 0 Å². The lowest BCUT2D eigenvalue weighted by atomic mass is 9.94. The van der Waals surface area contributed by atoms with Gasteiger partial charge in [-0.2, -0.15) is 0 Å². The van der Waals surface area contributed by atoms with E-state index in [4.69, 9.17) is 0 Å². The maximum atomic E-state index is 12.5. The summed E-state index contributed by atoms with van der Waals surface area (Å²) in [6.45, 7) is 0.807. The lowest BCUT2D eigenvalue weighted by molar-refractivity contribution is -0.139. The molecule has 2 atom stereocenters. The minimum atomic E-state index is 0.0303. The Balaban J connectivity index is 1.60. The Morgan fingerprint density at radius 3 is 2.91 bits per heavy atom. The highest BCUT2D eigenvalue weighted by atomic mass is 16.2. The van der Waals surface area contributed by atoms with Gasteiger partial charge in [-0.25, -0.2) is 4.98 Å². The van der Waals surface area contributed by atoms with E-state index in [2.05, 4.69) is 26.3 Å². The second kappa shape index (κ2) is 5.85. The summed E-state index contributed by atoms with van der Waals surface area (Å²) in [4.78, 5) is 22.3. The Labute approximate surface area is 135 Å². The Bertz CT molecular complexity index is 673. The van der Waals surface area contributed by atoms with Crippen molar-refractivity contribution in [1.29, 1.82) is 0 Å². The number of nitrogens with zero attached hydrogens (tertiary/aromatic N) is 3. The van der Waals surface area contributed by atoms with E-state index in [1.807, 2.05) is 36.4 Å². The van der Waals surface area contributed by atoms with Gasteiger partial charge in [0.25, 0.3) is 0 Å². The molecule has 2 fully saturated rings. The number of carbonyl (C=O) groups excluding carboxylic acids is 1. The second-order valence-electron chi connectivity index (χ2n) is 6.62. The minimum Gasteiger partial charge on any atom is -0.367 e. The Kier molecular flexibility index (Phi) is 3.69. The van der Waals surface area contributed by atoms with Gasteiger partial charge < -0.3 is 19.8 Å². The van der Waals surface area contributed by atoms with Gasteiger partial charge >= 0.3 is 0 Å². The number of likely N-dealkylation sites (tertiary alicyclic amines) is 1. The van der Waals surface area contributed by atoms with Gasteiger partial charge in [0.05, 0.1) is 0 Å². The number of H-pyrrole nitrogens is 1. The molecule has 1 saturated carbocycles. The maximum Gasteiger partial charge on any atom is 0.223 e. The van der Waals surface area contributed by atoms with E-state index in [-0.39, 0.29) is 18.0 Å². The molecule has 4 rings (SSSR count). The van der Waals surface area contributed by atoms with Crippen LogP contribution in [-0.2, 0) is 18.4 Å². The van der Waals surface area contributed by atoms with Crippen LogP contribution in [0.2, 0.25) is 0 Å². The second-order valence-corrected chi connectivity index (χ2v) is 6.62. The fourth-order valence-electron chi connectivity index (χ4n) is 3.60. The summed E-state index contributed by atoms with van der Waals surface area (Å²) < 4.78 is 2.05. The highest BCUT2D eigenvalue weighted by Gasteiger charge is 2.45. The third kappa shape index (κ3) is 2.79. The fourth-order valence-corrected chi connectivity index (χ4v) is 3.60. The van der Waals surface area contributed by atoms with E-state index in [1.54, 1.807) is 0 Å². The molecule has 0 unspecified atom stereocenters. The first kappa shape index (κ1) is 14.5. The van der Waals surface area contributed by atoms with E-state index in [9.17, 15) is 4.79 Å². The zero-order valence-corrected chi connectivity index (χ0v) is 13.4. The van der Waals surface area contributed by atoms with Crippen LogP contribution >= 0.6 is 0 Å². The number of aromatic amines is 1. The molecule has 1 amide bonds. The fraction of sp³-hybridized carbons (Fsp3) is 0.529. The van der Waals surface area contributed by atoms with E-state index < -0.39 is 0 Å². The smallest absolute Gasteiger partial charge is 0.223 e. The van der Waals surface area contributed by atoms with Crippen molar-refractivity contribution < 1.29 is 4.79 Å². The third-order valence-electron chi connectivity index (χ3n) is 4.93. The monoisotopic (exact) mass is 313 g/mol. The highest BCUT2D eigenvalue weighted by molar-refractivity contribution is 5.78. The summed E-state index contributed by atoms with van der Waals surface area (Å²) in [6.07, 6.45) is 11.5. The van der Waals surface area contributed by atoms with Crippen LogP contribution in [0.3, 0.4) is 0 Å². The molecule has 0 spiro atoms. The van der Waals surface area contributed by atoms with Crippen molar-refractivity contribution in [1.82, 2.24) is 24.8 Å². The predicted octanol–water partition coefficient (Wildman–Crippen LogP) is 1.73. The molecule has 2 aromatic rings. The standard InChI is InChI=1S/C17H23N5O/c1-21-9-8-19-17(21)16-14(20-11-12-6-7-18-10-12)4-5-15(23)22(16)13-2-3-13/h6-10,13-14,16,18,20H,2-5,11H2,1H3/t14-,16-/m1/s1. The molecule has 23 heavy (non-hydrogen) atoms. The average molecular weight is 313 g/mol. The third-order valence-corrected chi connectivity index (χ3v) is 4.93. The number of hydrogen-bond donors (Lipinski definition) is 2. The topological polar surface area (TPSA) is 66.0 Å². The van der Waals surface area contributed by atoms with Crippen LogP contribution < -0.4 is 5.32 Å². The SMILES string of the molecule is Cn1ccnc1[C@H]1[C@H](NCc2cc[nH]c2)CCC(=O)N1C1CC1. The van der Waals surface area contributed by atoms with Crippen LogP contribution in [0.4, 0.5) is 0 Å². The number of imidazole rings is 1. The van der Waals surface area contributed by atoms with Gasteiger partial charge in [-0.05, 0) is 30.9 Å². The Hall–Kier alpha value is -2.08. The van der Waals surface area contributed by atoms with Gasteiger partial charge in [0.1, 0.15) is 11.9 Å². The summed E-state index contributed by atoms with van der Waals surface area (Å²) in [7, 11) is 2.01. The van der Waals surface area contributed by atoms with Crippen LogP contribution in [0, 0.1) is 0 Å². The summed E-state index contributed by atoms with van der Waals surface area (Å²) in [6, 6.07) is 2.75. The molecule has 0 radical (unpaired) electrons. The van der Waals surface area contributed by atoms with Crippen LogP contribution in [0.25, 0.3) is 0 Å². The van der Waals surface area contributed by atoms with Crippen molar-refractivity contribution in [2.75, 3.05) is 0 Å². The van der Waals surface area contributed by atoms with Crippen LogP contribution in [0.15, 0.2) is 30.9 Å². The molecule has 2 aliphatic rings. The molecular weight excluding hydrogens is 290 g/mol. The van der Waals surface area contributed by atoms with Gasteiger partial charge in [0.15, 0.2) is 0 Å². The Morgan fingerprint density at radius 1 is 1.39 bits per heavy atom. The van der Waals surface area contributed by atoms with E-state index in [1.165, 1.54) is 5.56 Å².